The van der Waals surface area contributed by atoms with Crippen LogP contribution in [0.4, 0.5) is 10.5 Å². The number of rotatable bonds is 4. The van der Waals surface area contributed by atoms with Crippen LogP contribution in [-0.4, -0.2) is 40.4 Å². The monoisotopic (exact) mass is 344 g/mol. The van der Waals surface area contributed by atoms with Crippen molar-refractivity contribution < 1.29 is 14.8 Å². The average Bonchev–Trinajstić information content (AvgIpc) is 2.93. The van der Waals surface area contributed by atoms with Crippen LogP contribution in [0.2, 0.25) is 0 Å². The number of anilines is 1. The van der Waals surface area contributed by atoms with Crippen LogP contribution in [-0.2, 0) is 0 Å². The topological polar surface area (TPSA) is 97.7 Å². The largest absolute Gasteiger partial charge is 0.590 e. The van der Waals surface area contributed by atoms with Crippen LogP contribution >= 0.6 is 11.8 Å². The lowest BCUT2D eigenvalue weighted by Crippen LogP contribution is -2.53. The van der Waals surface area contributed by atoms with Gasteiger partial charge >= 0.3 is 13.3 Å². The first kappa shape index (κ1) is 16.6. The SMILES string of the molecule is CCNC(=O)NC1Sc2c(-c3ccccn3)cccc2N1B(O)O. The molecule has 9 heteroatoms. The normalized spacial score (nSPS) is 15.8. The van der Waals surface area contributed by atoms with Gasteiger partial charge in [0.1, 0.15) is 5.50 Å². The predicted molar refractivity (Wildman–Crippen MR) is 94.2 cm³/mol. The van der Waals surface area contributed by atoms with E-state index in [1.807, 2.05) is 37.3 Å². The molecule has 0 radical (unpaired) electrons. The van der Waals surface area contributed by atoms with Crippen LogP contribution in [0.5, 0.6) is 0 Å². The van der Waals surface area contributed by atoms with Crippen molar-refractivity contribution in [3.8, 4) is 11.3 Å². The van der Waals surface area contributed by atoms with E-state index < -0.39 is 12.8 Å². The second-order valence-electron chi connectivity index (χ2n) is 5.10. The Morgan fingerprint density at radius 2 is 2.17 bits per heavy atom. The van der Waals surface area contributed by atoms with Crippen molar-refractivity contribution in [2.24, 2.45) is 0 Å². The highest BCUT2D eigenvalue weighted by atomic mass is 32.2. The maximum Gasteiger partial charge on any atom is 0.590 e. The molecule has 1 aliphatic heterocycles. The van der Waals surface area contributed by atoms with E-state index in [0.717, 1.165) is 16.2 Å². The van der Waals surface area contributed by atoms with Crippen molar-refractivity contribution in [3.63, 3.8) is 0 Å². The van der Waals surface area contributed by atoms with Crippen molar-refractivity contribution in [3.05, 3.63) is 42.6 Å². The molecule has 1 unspecified atom stereocenters. The standard InChI is InChI=1S/C15H17BN4O3S/c1-2-17-14(21)19-15-20(16(22)23)12-8-5-6-10(13(12)24-15)11-7-3-4-9-18-11/h3-9,15,22-23H,2H2,1H3,(H2,17,19,21). The fourth-order valence-electron chi connectivity index (χ4n) is 2.54. The number of fused-ring (bicyclic) bond motifs is 1. The summed E-state index contributed by atoms with van der Waals surface area (Å²) in [6.45, 7) is 2.30. The maximum atomic E-state index is 11.8. The molecule has 4 N–H and O–H groups in total. The Labute approximate surface area is 144 Å². The highest BCUT2D eigenvalue weighted by molar-refractivity contribution is 8.00. The molecule has 0 aliphatic carbocycles. The molecule has 0 fully saturated rings. The second-order valence-corrected chi connectivity index (χ2v) is 6.19. The quantitative estimate of drug-likeness (QED) is 0.623. The van der Waals surface area contributed by atoms with Crippen LogP contribution in [0.1, 0.15) is 6.92 Å². The van der Waals surface area contributed by atoms with Gasteiger partial charge in [0.15, 0.2) is 0 Å². The molecule has 1 aromatic heterocycles. The molecule has 2 heterocycles. The third kappa shape index (κ3) is 3.19. The highest BCUT2D eigenvalue weighted by Gasteiger charge is 2.39. The number of aromatic nitrogens is 1. The summed E-state index contributed by atoms with van der Waals surface area (Å²) in [6, 6.07) is 10.8. The second kappa shape index (κ2) is 7.12. The van der Waals surface area contributed by atoms with Gasteiger partial charge in [-0.3, -0.25) is 4.98 Å². The van der Waals surface area contributed by atoms with E-state index in [1.165, 1.54) is 16.6 Å². The summed E-state index contributed by atoms with van der Waals surface area (Å²) in [7, 11) is -1.73. The molecule has 1 atom stereocenters. The fourth-order valence-corrected chi connectivity index (χ4v) is 3.86. The number of carbonyl (C=O) groups excluding carboxylic acids is 1. The Morgan fingerprint density at radius 1 is 1.33 bits per heavy atom. The molecular weight excluding hydrogens is 327 g/mol. The summed E-state index contributed by atoms with van der Waals surface area (Å²) in [5.41, 5.74) is 1.67. The Hall–Kier alpha value is -2.23. The molecule has 1 aliphatic rings. The van der Waals surface area contributed by atoms with Gasteiger partial charge in [-0.05, 0) is 25.1 Å². The van der Waals surface area contributed by atoms with Gasteiger partial charge in [0, 0.05) is 28.9 Å². The number of amides is 2. The molecule has 0 saturated heterocycles. The number of benzene rings is 1. The first-order valence-corrected chi connectivity index (χ1v) is 8.39. The number of nitrogens with zero attached hydrogens (tertiary/aromatic N) is 2. The van der Waals surface area contributed by atoms with Crippen LogP contribution in [0.3, 0.4) is 0 Å². The number of hydrogen-bond acceptors (Lipinski definition) is 6. The van der Waals surface area contributed by atoms with Gasteiger partial charge in [0.05, 0.1) is 5.69 Å². The van der Waals surface area contributed by atoms with E-state index >= 15 is 0 Å². The van der Waals surface area contributed by atoms with Crippen molar-refractivity contribution in [1.29, 1.82) is 0 Å². The van der Waals surface area contributed by atoms with Gasteiger partial charge in [-0.15, -0.1) is 0 Å². The van der Waals surface area contributed by atoms with E-state index in [-0.39, 0.29) is 6.03 Å². The van der Waals surface area contributed by atoms with Gasteiger partial charge < -0.3 is 25.5 Å². The number of pyridine rings is 1. The lowest BCUT2D eigenvalue weighted by Gasteiger charge is -2.26. The smallest absolute Gasteiger partial charge is 0.408 e. The highest BCUT2D eigenvalue weighted by Crippen LogP contribution is 2.47. The van der Waals surface area contributed by atoms with Gasteiger partial charge in [-0.1, -0.05) is 30.0 Å². The summed E-state index contributed by atoms with van der Waals surface area (Å²) in [5.74, 6) is 0. The first-order chi connectivity index (χ1) is 11.6. The van der Waals surface area contributed by atoms with Crippen molar-refractivity contribution in [2.45, 2.75) is 17.3 Å². The van der Waals surface area contributed by atoms with E-state index in [0.29, 0.717) is 12.2 Å². The number of hydrogen-bond donors (Lipinski definition) is 4. The molecule has 0 spiro atoms. The summed E-state index contributed by atoms with van der Waals surface area (Å²) in [5, 5.41) is 24.9. The first-order valence-electron chi connectivity index (χ1n) is 7.51. The molecule has 3 rings (SSSR count). The average molecular weight is 344 g/mol. The zero-order valence-corrected chi connectivity index (χ0v) is 13.8. The van der Waals surface area contributed by atoms with E-state index in [2.05, 4.69) is 15.6 Å². The maximum absolute atomic E-state index is 11.8. The van der Waals surface area contributed by atoms with Crippen molar-refractivity contribution >= 4 is 30.7 Å². The third-order valence-electron chi connectivity index (χ3n) is 3.54. The molecule has 2 aromatic rings. The van der Waals surface area contributed by atoms with Crippen molar-refractivity contribution in [2.75, 3.05) is 11.4 Å². The summed E-state index contributed by atoms with van der Waals surface area (Å²) in [4.78, 5) is 18.4. The minimum Gasteiger partial charge on any atom is -0.408 e. The minimum absolute atomic E-state index is 0.368. The van der Waals surface area contributed by atoms with Crippen LogP contribution in [0.25, 0.3) is 11.3 Å². The Morgan fingerprint density at radius 3 is 2.83 bits per heavy atom. The predicted octanol–water partition coefficient (Wildman–Crippen LogP) is 1.23. The van der Waals surface area contributed by atoms with Gasteiger partial charge in [-0.2, -0.15) is 0 Å². The molecule has 2 amide bonds. The number of carbonyl (C=O) groups is 1. The molecule has 1 aromatic carbocycles. The number of thioether (sulfide) groups is 1. The minimum atomic E-state index is -1.73. The number of nitrogens with one attached hydrogen (secondary N) is 2. The van der Waals surface area contributed by atoms with Gasteiger partial charge in [0.2, 0.25) is 0 Å². The van der Waals surface area contributed by atoms with E-state index in [9.17, 15) is 14.8 Å². The Balaban J connectivity index is 1.97. The van der Waals surface area contributed by atoms with E-state index in [1.54, 1.807) is 12.3 Å². The zero-order chi connectivity index (χ0) is 17.1. The molecule has 124 valence electrons. The lowest BCUT2D eigenvalue weighted by molar-refractivity contribution is 0.240. The summed E-state index contributed by atoms with van der Waals surface area (Å²) >= 11 is 1.34. The van der Waals surface area contributed by atoms with Gasteiger partial charge in [0.25, 0.3) is 0 Å². The van der Waals surface area contributed by atoms with Gasteiger partial charge in [-0.25, -0.2) is 4.79 Å². The molecular formula is C15H17BN4O3S. The molecule has 0 bridgehead atoms. The summed E-state index contributed by atoms with van der Waals surface area (Å²) < 4.78 is 0. The lowest BCUT2D eigenvalue weighted by atomic mass is 10.0. The van der Waals surface area contributed by atoms with Crippen LogP contribution in [0, 0.1) is 0 Å². The van der Waals surface area contributed by atoms with E-state index in [4.69, 9.17) is 0 Å². The summed E-state index contributed by atoms with van der Waals surface area (Å²) in [6.07, 6.45) is 1.71. The molecule has 0 saturated carbocycles. The fraction of sp³-hybridized carbons (Fsp3) is 0.200. The Kier molecular flexibility index (Phi) is 4.93. The zero-order valence-electron chi connectivity index (χ0n) is 13.0. The number of urea groups is 1. The van der Waals surface area contributed by atoms with Crippen LogP contribution in [0.15, 0.2) is 47.5 Å². The molecule has 24 heavy (non-hydrogen) atoms. The Bertz CT molecular complexity index is 732. The molecule has 7 nitrogen and oxygen atoms in total. The van der Waals surface area contributed by atoms with Crippen molar-refractivity contribution in [1.82, 2.24) is 15.6 Å². The third-order valence-corrected chi connectivity index (χ3v) is 4.77. The van der Waals surface area contributed by atoms with Crippen LogP contribution < -0.4 is 15.4 Å².